The molecule has 0 aliphatic heterocycles. The number of hydrogen-bond acceptors (Lipinski definition) is 4. The lowest BCUT2D eigenvalue weighted by Crippen LogP contribution is -2.27. The molecule has 0 aliphatic rings. The van der Waals surface area contributed by atoms with E-state index in [1.165, 1.54) is 23.5 Å². The fourth-order valence-corrected chi connectivity index (χ4v) is 4.12. The largest absolute Gasteiger partial charge is 0.494 e. The first-order chi connectivity index (χ1) is 15.3. The number of amides is 1. The van der Waals surface area contributed by atoms with Crippen LogP contribution >= 0.6 is 0 Å². The number of rotatable bonds is 9. The summed E-state index contributed by atoms with van der Waals surface area (Å²) in [6.45, 7) is 2.68. The summed E-state index contributed by atoms with van der Waals surface area (Å²) in [5.41, 5.74) is 1.85. The molecule has 1 amide bonds. The Balaban J connectivity index is 1.51. The molecular formula is C24H25FN2O4S. The van der Waals surface area contributed by atoms with Gasteiger partial charge in [0.05, 0.1) is 17.2 Å². The van der Waals surface area contributed by atoms with Crippen molar-refractivity contribution in [1.82, 2.24) is 5.32 Å². The predicted octanol–water partition coefficient (Wildman–Crippen LogP) is 4.16. The molecule has 3 aromatic rings. The lowest BCUT2D eigenvalue weighted by atomic mass is 10.2. The van der Waals surface area contributed by atoms with Gasteiger partial charge in [-0.15, -0.1) is 0 Å². The van der Waals surface area contributed by atoms with Crippen LogP contribution in [-0.2, 0) is 10.0 Å². The Labute approximate surface area is 187 Å². The van der Waals surface area contributed by atoms with Crippen LogP contribution in [0.15, 0.2) is 77.7 Å². The van der Waals surface area contributed by atoms with E-state index in [4.69, 9.17) is 4.74 Å². The summed E-state index contributed by atoms with van der Waals surface area (Å²) < 4.78 is 45.1. The molecule has 3 rings (SSSR count). The summed E-state index contributed by atoms with van der Waals surface area (Å²) in [4.78, 5) is 12.5. The number of nitrogens with one attached hydrogen (secondary N) is 1. The van der Waals surface area contributed by atoms with Gasteiger partial charge >= 0.3 is 0 Å². The van der Waals surface area contributed by atoms with E-state index in [-0.39, 0.29) is 16.6 Å². The average molecular weight is 457 g/mol. The van der Waals surface area contributed by atoms with Gasteiger partial charge in [-0.3, -0.25) is 9.10 Å². The molecule has 0 radical (unpaired) electrons. The quantitative estimate of drug-likeness (QED) is 0.491. The van der Waals surface area contributed by atoms with Gasteiger partial charge in [-0.25, -0.2) is 12.8 Å². The van der Waals surface area contributed by atoms with Crippen LogP contribution in [0.25, 0.3) is 0 Å². The van der Waals surface area contributed by atoms with Crippen LogP contribution in [0.1, 0.15) is 22.3 Å². The summed E-state index contributed by atoms with van der Waals surface area (Å²) >= 11 is 0. The molecule has 0 aliphatic carbocycles. The number of nitrogens with zero attached hydrogens (tertiary/aromatic N) is 1. The molecule has 8 heteroatoms. The van der Waals surface area contributed by atoms with Gasteiger partial charge in [0.2, 0.25) is 0 Å². The first-order valence-corrected chi connectivity index (χ1v) is 11.5. The molecule has 0 saturated heterocycles. The van der Waals surface area contributed by atoms with Gasteiger partial charge in [0.15, 0.2) is 0 Å². The highest BCUT2D eigenvalue weighted by Gasteiger charge is 2.21. The third-order valence-electron chi connectivity index (χ3n) is 4.86. The second kappa shape index (κ2) is 10.3. The Morgan fingerprint density at radius 1 is 0.969 bits per heavy atom. The van der Waals surface area contributed by atoms with Crippen LogP contribution in [0.5, 0.6) is 5.75 Å². The topological polar surface area (TPSA) is 75.7 Å². The maximum absolute atomic E-state index is 12.9. The van der Waals surface area contributed by atoms with E-state index in [1.54, 1.807) is 60.7 Å². The van der Waals surface area contributed by atoms with E-state index >= 15 is 0 Å². The zero-order valence-corrected chi connectivity index (χ0v) is 18.7. The molecule has 0 atom stereocenters. The van der Waals surface area contributed by atoms with E-state index in [1.807, 2.05) is 6.92 Å². The summed E-state index contributed by atoms with van der Waals surface area (Å²) in [6.07, 6.45) is 0.582. The number of hydrogen-bond donors (Lipinski definition) is 1. The minimum absolute atomic E-state index is 0.204. The summed E-state index contributed by atoms with van der Waals surface area (Å²) in [7, 11) is -2.21. The third-order valence-corrected chi connectivity index (χ3v) is 6.66. The van der Waals surface area contributed by atoms with Gasteiger partial charge in [0, 0.05) is 19.2 Å². The lowest BCUT2D eigenvalue weighted by molar-refractivity contribution is 0.0951. The van der Waals surface area contributed by atoms with Crippen molar-refractivity contribution in [2.45, 2.75) is 18.2 Å². The fourth-order valence-electron chi connectivity index (χ4n) is 2.93. The van der Waals surface area contributed by atoms with Gasteiger partial charge in [0.25, 0.3) is 15.9 Å². The van der Waals surface area contributed by atoms with Crippen molar-refractivity contribution in [3.8, 4) is 5.75 Å². The number of carbonyl (C=O) groups excluding carboxylic acids is 1. The molecule has 3 aromatic carbocycles. The lowest BCUT2D eigenvalue weighted by Gasteiger charge is -2.20. The van der Waals surface area contributed by atoms with Crippen LogP contribution in [-0.4, -0.2) is 34.5 Å². The Hall–Kier alpha value is -3.39. The molecule has 0 spiro atoms. The predicted molar refractivity (Wildman–Crippen MR) is 122 cm³/mol. The highest BCUT2D eigenvalue weighted by molar-refractivity contribution is 7.92. The standard InChI is InChI=1S/C24H25FN2O4S/c1-18-4-14-23(15-5-18)32(29,30)27(2)21-10-6-19(7-11-21)24(28)26-16-3-17-31-22-12-8-20(25)9-13-22/h4-15H,3,16-17H2,1-2H3,(H,26,28). The van der Waals surface area contributed by atoms with Crippen molar-refractivity contribution in [1.29, 1.82) is 0 Å². The number of benzene rings is 3. The molecule has 0 fully saturated rings. The van der Waals surface area contributed by atoms with E-state index < -0.39 is 10.0 Å². The van der Waals surface area contributed by atoms with Gasteiger partial charge < -0.3 is 10.1 Å². The molecule has 0 bridgehead atoms. The maximum Gasteiger partial charge on any atom is 0.264 e. The number of aryl methyl sites for hydroxylation is 1. The smallest absolute Gasteiger partial charge is 0.264 e. The molecule has 0 saturated carbocycles. The normalized spacial score (nSPS) is 11.1. The molecule has 1 N–H and O–H groups in total. The van der Waals surface area contributed by atoms with Crippen molar-refractivity contribution < 1.29 is 22.3 Å². The molecule has 6 nitrogen and oxygen atoms in total. The first kappa shape index (κ1) is 23.3. The van der Waals surface area contributed by atoms with Crippen molar-refractivity contribution in [2.24, 2.45) is 0 Å². The monoisotopic (exact) mass is 456 g/mol. The second-order valence-electron chi connectivity index (χ2n) is 7.24. The SMILES string of the molecule is Cc1ccc(S(=O)(=O)N(C)c2ccc(C(=O)NCCCOc3ccc(F)cc3)cc2)cc1. The third kappa shape index (κ3) is 5.85. The maximum atomic E-state index is 12.9. The molecule has 0 unspecified atom stereocenters. The second-order valence-corrected chi connectivity index (χ2v) is 9.21. The van der Waals surface area contributed by atoms with Crippen molar-refractivity contribution in [3.05, 3.63) is 89.7 Å². The van der Waals surface area contributed by atoms with Crippen LogP contribution in [0, 0.1) is 12.7 Å². The van der Waals surface area contributed by atoms with Crippen LogP contribution in [0.3, 0.4) is 0 Å². The van der Waals surface area contributed by atoms with Gasteiger partial charge in [-0.1, -0.05) is 17.7 Å². The highest BCUT2D eigenvalue weighted by atomic mass is 32.2. The van der Waals surface area contributed by atoms with Gasteiger partial charge in [-0.2, -0.15) is 0 Å². The zero-order chi connectivity index (χ0) is 23.1. The van der Waals surface area contributed by atoms with E-state index in [9.17, 15) is 17.6 Å². The zero-order valence-electron chi connectivity index (χ0n) is 17.9. The summed E-state index contributed by atoms with van der Waals surface area (Å²) in [6, 6.07) is 18.7. The fraction of sp³-hybridized carbons (Fsp3) is 0.208. The number of halogens is 1. The van der Waals surface area contributed by atoms with Crippen molar-refractivity contribution in [2.75, 3.05) is 24.5 Å². The van der Waals surface area contributed by atoms with E-state index in [0.717, 1.165) is 5.56 Å². The number of ether oxygens (including phenoxy) is 1. The van der Waals surface area contributed by atoms with Crippen LogP contribution in [0.2, 0.25) is 0 Å². The average Bonchev–Trinajstić information content (AvgIpc) is 2.80. The van der Waals surface area contributed by atoms with Crippen LogP contribution in [0.4, 0.5) is 10.1 Å². The minimum Gasteiger partial charge on any atom is -0.494 e. The highest BCUT2D eigenvalue weighted by Crippen LogP contribution is 2.22. The molecule has 168 valence electrons. The Kier molecular flexibility index (Phi) is 7.48. The minimum atomic E-state index is -3.69. The van der Waals surface area contributed by atoms with Gasteiger partial charge in [0.1, 0.15) is 11.6 Å². The van der Waals surface area contributed by atoms with Crippen molar-refractivity contribution >= 4 is 21.6 Å². The number of sulfonamides is 1. The molecule has 32 heavy (non-hydrogen) atoms. The molecule has 0 heterocycles. The Morgan fingerprint density at radius 2 is 1.59 bits per heavy atom. The summed E-state index contributed by atoms with van der Waals surface area (Å²) in [5, 5.41) is 2.79. The van der Waals surface area contributed by atoms with Crippen LogP contribution < -0.4 is 14.4 Å². The van der Waals surface area contributed by atoms with E-state index in [0.29, 0.717) is 36.6 Å². The Bertz CT molecular complexity index is 1150. The Morgan fingerprint density at radius 3 is 2.22 bits per heavy atom. The molecule has 0 aromatic heterocycles. The first-order valence-electron chi connectivity index (χ1n) is 10.1. The van der Waals surface area contributed by atoms with Crippen molar-refractivity contribution in [3.63, 3.8) is 0 Å². The molecular weight excluding hydrogens is 431 g/mol. The summed E-state index contributed by atoms with van der Waals surface area (Å²) in [5.74, 6) is -0.0185. The van der Waals surface area contributed by atoms with E-state index in [2.05, 4.69) is 5.32 Å². The number of carbonyl (C=O) groups is 1. The van der Waals surface area contributed by atoms with Gasteiger partial charge in [-0.05, 0) is 74.0 Å². The number of anilines is 1.